The summed E-state index contributed by atoms with van der Waals surface area (Å²) in [6.45, 7) is 5.68. The topological polar surface area (TPSA) is 75.4 Å². The Labute approximate surface area is 109 Å². The van der Waals surface area contributed by atoms with E-state index in [1.807, 2.05) is 13.8 Å². The van der Waals surface area contributed by atoms with Gasteiger partial charge in [-0.1, -0.05) is 6.42 Å². The molecule has 2 unspecified atom stereocenters. The van der Waals surface area contributed by atoms with E-state index in [1.54, 1.807) is 4.90 Å². The molecule has 5 heteroatoms. The summed E-state index contributed by atoms with van der Waals surface area (Å²) in [5.74, 6) is 0.317. The van der Waals surface area contributed by atoms with Gasteiger partial charge in [-0.25, -0.2) is 0 Å². The van der Waals surface area contributed by atoms with Crippen molar-refractivity contribution in [1.29, 1.82) is 0 Å². The second-order valence-corrected chi connectivity index (χ2v) is 4.84. The minimum absolute atomic E-state index is 0.0179. The lowest BCUT2D eigenvalue weighted by atomic mass is 9.94. The Bertz CT molecular complexity index is 294. The smallest absolute Gasteiger partial charge is 0.239 e. The third-order valence-electron chi connectivity index (χ3n) is 3.68. The Hall–Kier alpha value is -1.10. The van der Waals surface area contributed by atoms with Crippen molar-refractivity contribution in [2.24, 2.45) is 17.6 Å². The molecule has 18 heavy (non-hydrogen) atoms. The van der Waals surface area contributed by atoms with Crippen LogP contribution in [0.1, 0.15) is 33.1 Å². The van der Waals surface area contributed by atoms with Crippen molar-refractivity contribution in [3.8, 4) is 0 Å². The Kier molecular flexibility index (Phi) is 6.12. The fourth-order valence-corrected chi connectivity index (χ4v) is 2.65. The standard InChI is InChI=1S/C13H25N3O2/c1-3-15-12(17)9-16(4-2)13(18)11-7-5-6-10(11)8-14/h10-11H,3-9,14H2,1-2H3,(H,15,17). The van der Waals surface area contributed by atoms with Gasteiger partial charge in [-0.05, 0) is 39.2 Å². The highest BCUT2D eigenvalue weighted by Crippen LogP contribution is 2.32. The van der Waals surface area contributed by atoms with Crippen LogP contribution in [0.4, 0.5) is 0 Å². The molecule has 1 rings (SSSR count). The molecule has 0 saturated heterocycles. The van der Waals surface area contributed by atoms with E-state index >= 15 is 0 Å². The van der Waals surface area contributed by atoms with Crippen LogP contribution < -0.4 is 11.1 Å². The summed E-state index contributed by atoms with van der Waals surface area (Å²) in [5.41, 5.74) is 5.70. The van der Waals surface area contributed by atoms with Gasteiger partial charge in [-0.2, -0.15) is 0 Å². The minimum Gasteiger partial charge on any atom is -0.355 e. The maximum atomic E-state index is 12.4. The number of nitrogens with one attached hydrogen (secondary N) is 1. The number of likely N-dealkylation sites (N-methyl/N-ethyl adjacent to an activating group) is 2. The third kappa shape index (κ3) is 3.70. The zero-order chi connectivity index (χ0) is 13.5. The predicted molar refractivity (Wildman–Crippen MR) is 70.8 cm³/mol. The zero-order valence-electron chi connectivity index (χ0n) is 11.4. The van der Waals surface area contributed by atoms with Crippen LogP contribution in [0.2, 0.25) is 0 Å². The molecule has 0 bridgehead atoms. The lowest BCUT2D eigenvalue weighted by Crippen LogP contribution is -2.44. The average Bonchev–Trinajstić information content (AvgIpc) is 2.83. The summed E-state index contributed by atoms with van der Waals surface area (Å²) in [6, 6.07) is 0. The van der Waals surface area contributed by atoms with Gasteiger partial charge in [0.1, 0.15) is 0 Å². The number of nitrogens with two attached hydrogens (primary N) is 1. The number of carbonyl (C=O) groups is 2. The van der Waals surface area contributed by atoms with Gasteiger partial charge in [-0.15, -0.1) is 0 Å². The van der Waals surface area contributed by atoms with Crippen LogP contribution in [0.3, 0.4) is 0 Å². The van der Waals surface area contributed by atoms with Gasteiger partial charge in [-0.3, -0.25) is 9.59 Å². The number of rotatable bonds is 6. The van der Waals surface area contributed by atoms with Gasteiger partial charge in [0.2, 0.25) is 11.8 Å². The van der Waals surface area contributed by atoms with Gasteiger partial charge >= 0.3 is 0 Å². The summed E-state index contributed by atoms with van der Waals surface area (Å²) in [6.07, 6.45) is 3.01. The summed E-state index contributed by atoms with van der Waals surface area (Å²) in [5, 5.41) is 2.72. The van der Waals surface area contributed by atoms with Crippen LogP contribution in [-0.4, -0.2) is 42.9 Å². The van der Waals surface area contributed by atoms with Crippen LogP contribution in [0.25, 0.3) is 0 Å². The molecule has 0 aliphatic heterocycles. The molecule has 1 aliphatic carbocycles. The van der Waals surface area contributed by atoms with Crippen molar-refractivity contribution in [1.82, 2.24) is 10.2 Å². The van der Waals surface area contributed by atoms with E-state index in [-0.39, 0.29) is 24.3 Å². The van der Waals surface area contributed by atoms with E-state index in [0.717, 1.165) is 19.3 Å². The molecule has 1 fully saturated rings. The molecule has 0 spiro atoms. The predicted octanol–water partition coefficient (Wildman–Crippen LogP) is 0.346. The first-order valence-corrected chi connectivity index (χ1v) is 6.89. The molecule has 0 aromatic carbocycles. The second-order valence-electron chi connectivity index (χ2n) is 4.84. The van der Waals surface area contributed by atoms with E-state index in [9.17, 15) is 9.59 Å². The van der Waals surface area contributed by atoms with Crippen LogP contribution in [0.15, 0.2) is 0 Å². The van der Waals surface area contributed by atoms with Gasteiger partial charge in [0.05, 0.1) is 6.54 Å². The molecule has 0 aromatic heterocycles. The highest BCUT2D eigenvalue weighted by Gasteiger charge is 2.34. The summed E-state index contributed by atoms with van der Waals surface area (Å²) in [7, 11) is 0. The van der Waals surface area contributed by atoms with E-state index in [1.165, 1.54) is 0 Å². The maximum absolute atomic E-state index is 12.4. The SMILES string of the molecule is CCNC(=O)CN(CC)C(=O)C1CCCC1CN. The maximum Gasteiger partial charge on any atom is 0.239 e. The number of nitrogens with zero attached hydrogens (tertiary/aromatic N) is 1. The van der Waals surface area contributed by atoms with Crippen LogP contribution >= 0.6 is 0 Å². The minimum atomic E-state index is -0.0880. The molecule has 1 saturated carbocycles. The van der Waals surface area contributed by atoms with Crippen molar-refractivity contribution >= 4 is 11.8 Å². The van der Waals surface area contributed by atoms with Gasteiger partial charge in [0.25, 0.3) is 0 Å². The van der Waals surface area contributed by atoms with Crippen molar-refractivity contribution in [3.63, 3.8) is 0 Å². The molecule has 1 aliphatic rings. The van der Waals surface area contributed by atoms with Crippen molar-refractivity contribution in [2.75, 3.05) is 26.2 Å². The van der Waals surface area contributed by atoms with E-state index < -0.39 is 0 Å². The molecule has 0 heterocycles. The average molecular weight is 255 g/mol. The monoisotopic (exact) mass is 255 g/mol. The van der Waals surface area contributed by atoms with Crippen molar-refractivity contribution in [3.05, 3.63) is 0 Å². The Morgan fingerprint density at radius 1 is 1.33 bits per heavy atom. The Morgan fingerprint density at radius 3 is 2.61 bits per heavy atom. The number of hydrogen-bond donors (Lipinski definition) is 2. The van der Waals surface area contributed by atoms with E-state index in [2.05, 4.69) is 5.32 Å². The number of hydrogen-bond acceptors (Lipinski definition) is 3. The number of amides is 2. The Morgan fingerprint density at radius 2 is 2.06 bits per heavy atom. The molecule has 104 valence electrons. The lowest BCUT2D eigenvalue weighted by Gasteiger charge is -2.26. The van der Waals surface area contributed by atoms with Crippen molar-refractivity contribution < 1.29 is 9.59 Å². The first-order valence-electron chi connectivity index (χ1n) is 6.89. The first-order chi connectivity index (χ1) is 8.63. The fourth-order valence-electron chi connectivity index (χ4n) is 2.65. The van der Waals surface area contributed by atoms with Gasteiger partial charge in [0.15, 0.2) is 0 Å². The molecule has 3 N–H and O–H groups in total. The highest BCUT2D eigenvalue weighted by atomic mass is 16.2. The molecule has 0 radical (unpaired) electrons. The summed E-state index contributed by atoms with van der Waals surface area (Å²) >= 11 is 0. The second kappa shape index (κ2) is 7.36. The van der Waals surface area contributed by atoms with Crippen LogP contribution in [0.5, 0.6) is 0 Å². The third-order valence-corrected chi connectivity index (χ3v) is 3.68. The highest BCUT2D eigenvalue weighted by molar-refractivity contribution is 5.86. The molecular formula is C13H25N3O2. The lowest BCUT2D eigenvalue weighted by molar-refractivity contribution is -0.140. The number of carbonyl (C=O) groups excluding carboxylic acids is 2. The molecule has 2 amide bonds. The van der Waals surface area contributed by atoms with Crippen molar-refractivity contribution in [2.45, 2.75) is 33.1 Å². The van der Waals surface area contributed by atoms with Gasteiger partial charge < -0.3 is 16.0 Å². The quantitative estimate of drug-likeness (QED) is 0.719. The molecule has 2 atom stereocenters. The van der Waals surface area contributed by atoms with Crippen LogP contribution in [0, 0.1) is 11.8 Å². The van der Waals surface area contributed by atoms with Crippen LogP contribution in [-0.2, 0) is 9.59 Å². The zero-order valence-corrected chi connectivity index (χ0v) is 11.4. The molecular weight excluding hydrogens is 230 g/mol. The van der Waals surface area contributed by atoms with E-state index in [4.69, 9.17) is 5.73 Å². The first kappa shape index (κ1) is 15.0. The summed E-state index contributed by atoms with van der Waals surface area (Å²) < 4.78 is 0. The fraction of sp³-hybridized carbons (Fsp3) is 0.846. The molecule has 5 nitrogen and oxygen atoms in total. The molecule has 0 aromatic rings. The Balaban J connectivity index is 2.58. The van der Waals surface area contributed by atoms with E-state index in [0.29, 0.717) is 25.6 Å². The normalized spacial score (nSPS) is 22.8. The summed E-state index contributed by atoms with van der Waals surface area (Å²) in [4.78, 5) is 25.6. The largest absolute Gasteiger partial charge is 0.355 e. The van der Waals surface area contributed by atoms with Gasteiger partial charge in [0, 0.05) is 19.0 Å².